The van der Waals surface area contributed by atoms with Gasteiger partial charge in [0.2, 0.25) is 11.8 Å². The third kappa shape index (κ3) is 6.29. The molecule has 0 saturated heterocycles. The molecule has 1 aliphatic rings. The van der Waals surface area contributed by atoms with Crippen LogP contribution in [0.15, 0.2) is 4.52 Å². The first kappa shape index (κ1) is 18.9. The van der Waals surface area contributed by atoms with E-state index in [2.05, 4.69) is 10.1 Å². The van der Waals surface area contributed by atoms with Gasteiger partial charge < -0.3 is 16.0 Å². The van der Waals surface area contributed by atoms with Crippen LogP contribution in [0.25, 0.3) is 0 Å². The molecular formula is C14H26ClN5O2. The number of carbonyl (C=O) groups excluding carboxylic acids is 1. The summed E-state index contributed by atoms with van der Waals surface area (Å²) in [5, 5.41) is 3.87. The normalized spacial score (nSPS) is 15.7. The first-order chi connectivity index (χ1) is 10.2. The number of halogens is 1. The minimum atomic E-state index is -0.332. The molecule has 126 valence electrons. The molecule has 1 aromatic rings. The summed E-state index contributed by atoms with van der Waals surface area (Å²) in [6, 6.07) is 0. The van der Waals surface area contributed by atoms with E-state index in [9.17, 15) is 4.79 Å². The minimum Gasteiger partial charge on any atom is -0.369 e. The number of primary amides is 1. The molecule has 0 aliphatic heterocycles. The maximum absolute atomic E-state index is 11.2. The van der Waals surface area contributed by atoms with E-state index in [0.29, 0.717) is 18.3 Å². The molecule has 22 heavy (non-hydrogen) atoms. The van der Waals surface area contributed by atoms with E-state index in [1.54, 1.807) is 0 Å². The van der Waals surface area contributed by atoms with Crippen LogP contribution in [-0.2, 0) is 17.9 Å². The number of carbonyl (C=O) groups is 1. The number of nitrogens with zero attached hydrogens (tertiary/aromatic N) is 3. The van der Waals surface area contributed by atoms with Gasteiger partial charge in [0.1, 0.15) is 0 Å². The van der Waals surface area contributed by atoms with Crippen molar-refractivity contribution < 1.29 is 9.32 Å². The first-order valence-electron chi connectivity index (χ1n) is 7.69. The summed E-state index contributed by atoms with van der Waals surface area (Å²) in [5.74, 6) is 1.40. The quantitative estimate of drug-likeness (QED) is 0.740. The number of hydrogen-bond donors (Lipinski definition) is 2. The highest BCUT2D eigenvalue weighted by atomic mass is 35.5. The van der Waals surface area contributed by atoms with Gasteiger partial charge in [0.15, 0.2) is 5.82 Å². The molecule has 2 rings (SSSR count). The van der Waals surface area contributed by atoms with Gasteiger partial charge in [-0.1, -0.05) is 37.3 Å². The molecule has 0 unspecified atom stereocenters. The standard InChI is InChI=1S/C14H25N5O2.ClH/c15-8-14-17-13(18-21-14)10-19(9-12(16)20)7-6-11-4-2-1-3-5-11;/h11H,1-10,15H2,(H2,16,20);1H. The van der Waals surface area contributed by atoms with Crippen LogP contribution in [0.4, 0.5) is 0 Å². The highest BCUT2D eigenvalue weighted by Gasteiger charge is 2.17. The van der Waals surface area contributed by atoms with Crippen LogP contribution in [0.3, 0.4) is 0 Å². The average Bonchev–Trinajstić information content (AvgIpc) is 2.93. The highest BCUT2D eigenvalue weighted by molar-refractivity contribution is 5.85. The van der Waals surface area contributed by atoms with Gasteiger partial charge in [0.25, 0.3) is 0 Å². The second-order valence-electron chi connectivity index (χ2n) is 5.78. The van der Waals surface area contributed by atoms with Crippen molar-refractivity contribution in [1.82, 2.24) is 15.0 Å². The largest absolute Gasteiger partial charge is 0.369 e. The molecule has 1 aliphatic carbocycles. The van der Waals surface area contributed by atoms with Gasteiger partial charge in [0.05, 0.1) is 19.6 Å². The lowest BCUT2D eigenvalue weighted by Gasteiger charge is -2.25. The number of hydrogen-bond acceptors (Lipinski definition) is 6. The molecule has 0 aromatic carbocycles. The van der Waals surface area contributed by atoms with E-state index >= 15 is 0 Å². The number of aromatic nitrogens is 2. The topological polar surface area (TPSA) is 111 Å². The Morgan fingerprint density at radius 3 is 2.64 bits per heavy atom. The smallest absolute Gasteiger partial charge is 0.240 e. The predicted octanol–water partition coefficient (Wildman–Crippen LogP) is 1.21. The number of nitrogens with two attached hydrogens (primary N) is 2. The summed E-state index contributed by atoms with van der Waals surface area (Å²) in [6.07, 6.45) is 7.69. The van der Waals surface area contributed by atoms with Gasteiger partial charge >= 0.3 is 0 Å². The van der Waals surface area contributed by atoms with Crippen LogP contribution in [0, 0.1) is 5.92 Å². The van der Waals surface area contributed by atoms with E-state index in [-0.39, 0.29) is 31.4 Å². The summed E-state index contributed by atoms with van der Waals surface area (Å²) in [4.78, 5) is 17.4. The molecule has 0 radical (unpaired) electrons. The van der Waals surface area contributed by atoms with E-state index in [1.807, 2.05) is 4.90 Å². The lowest BCUT2D eigenvalue weighted by atomic mass is 9.87. The van der Waals surface area contributed by atoms with Gasteiger partial charge in [0, 0.05) is 0 Å². The molecule has 1 saturated carbocycles. The van der Waals surface area contributed by atoms with Crippen molar-refractivity contribution in [3.63, 3.8) is 0 Å². The van der Waals surface area contributed by atoms with Gasteiger partial charge in [-0.25, -0.2) is 0 Å². The van der Waals surface area contributed by atoms with Crippen LogP contribution in [0.1, 0.15) is 50.2 Å². The second kappa shape index (κ2) is 9.76. The fourth-order valence-corrected chi connectivity index (χ4v) is 2.91. The zero-order valence-electron chi connectivity index (χ0n) is 12.9. The van der Waals surface area contributed by atoms with Crippen molar-refractivity contribution in [1.29, 1.82) is 0 Å². The maximum atomic E-state index is 11.2. The van der Waals surface area contributed by atoms with Crippen molar-refractivity contribution in [3.05, 3.63) is 11.7 Å². The first-order valence-corrected chi connectivity index (χ1v) is 7.69. The van der Waals surface area contributed by atoms with Crippen LogP contribution in [0.2, 0.25) is 0 Å². The Labute approximate surface area is 137 Å². The Morgan fingerprint density at radius 2 is 2.05 bits per heavy atom. The molecule has 0 atom stereocenters. The van der Waals surface area contributed by atoms with Crippen molar-refractivity contribution in [2.24, 2.45) is 17.4 Å². The zero-order chi connectivity index (χ0) is 15.1. The Balaban J connectivity index is 0.00000242. The molecule has 0 spiro atoms. The third-order valence-electron chi connectivity index (χ3n) is 4.01. The SMILES string of the molecule is Cl.NCc1nc(CN(CCC2CCCCC2)CC(N)=O)no1. The Hall–Kier alpha value is -1.18. The van der Waals surface area contributed by atoms with E-state index in [0.717, 1.165) is 18.9 Å². The van der Waals surface area contributed by atoms with Gasteiger partial charge in [-0.2, -0.15) is 4.98 Å². The summed E-state index contributed by atoms with van der Waals surface area (Å²) in [6.45, 7) is 1.75. The molecule has 1 aromatic heterocycles. The molecule has 8 heteroatoms. The molecule has 1 fully saturated rings. The lowest BCUT2D eigenvalue weighted by molar-refractivity contribution is -0.119. The molecule has 7 nitrogen and oxygen atoms in total. The van der Waals surface area contributed by atoms with E-state index < -0.39 is 0 Å². The predicted molar refractivity (Wildman–Crippen MR) is 85.1 cm³/mol. The van der Waals surface area contributed by atoms with Crippen molar-refractivity contribution in [3.8, 4) is 0 Å². The molecule has 0 bridgehead atoms. The summed E-state index contributed by atoms with van der Waals surface area (Å²) in [7, 11) is 0. The molecule has 1 heterocycles. The minimum absolute atomic E-state index is 0. The summed E-state index contributed by atoms with van der Waals surface area (Å²) < 4.78 is 4.99. The lowest BCUT2D eigenvalue weighted by Crippen LogP contribution is -2.35. The number of amides is 1. The average molecular weight is 332 g/mol. The maximum Gasteiger partial charge on any atom is 0.240 e. The Morgan fingerprint density at radius 1 is 1.32 bits per heavy atom. The monoisotopic (exact) mass is 331 g/mol. The number of rotatable bonds is 8. The van der Waals surface area contributed by atoms with Crippen molar-refractivity contribution >= 4 is 18.3 Å². The van der Waals surface area contributed by atoms with Gasteiger partial charge in [-0.3, -0.25) is 9.69 Å². The van der Waals surface area contributed by atoms with Gasteiger partial charge in [-0.05, 0) is 18.9 Å². The fourth-order valence-electron chi connectivity index (χ4n) is 2.91. The molecule has 1 amide bonds. The fraction of sp³-hybridized carbons (Fsp3) is 0.786. The van der Waals surface area contributed by atoms with Crippen LogP contribution < -0.4 is 11.5 Å². The Bertz CT molecular complexity index is 448. The Kier molecular flexibility index (Phi) is 8.37. The van der Waals surface area contributed by atoms with Crippen molar-refractivity contribution in [2.75, 3.05) is 13.1 Å². The van der Waals surface area contributed by atoms with Gasteiger partial charge in [-0.15, -0.1) is 12.4 Å². The second-order valence-corrected chi connectivity index (χ2v) is 5.78. The van der Waals surface area contributed by atoms with Crippen LogP contribution >= 0.6 is 12.4 Å². The summed E-state index contributed by atoms with van der Waals surface area (Å²) in [5.41, 5.74) is 10.8. The van der Waals surface area contributed by atoms with E-state index in [1.165, 1.54) is 32.1 Å². The molecular weight excluding hydrogens is 306 g/mol. The van der Waals surface area contributed by atoms with E-state index in [4.69, 9.17) is 16.0 Å². The van der Waals surface area contributed by atoms with Crippen LogP contribution in [0.5, 0.6) is 0 Å². The molecule has 4 N–H and O–H groups in total. The summed E-state index contributed by atoms with van der Waals surface area (Å²) >= 11 is 0. The van der Waals surface area contributed by atoms with Crippen LogP contribution in [-0.4, -0.2) is 34.0 Å². The third-order valence-corrected chi connectivity index (χ3v) is 4.01. The zero-order valence-corrected chi connectivity index (χ0v) is 13.7. The highest BCUT2D eigenvalue weighted by Crippen LogP contribution is 2.26. The van der Waals surface area contributed by atoms with Crippen molar-refractivity contribution in [2.45, 2.75) is 51.6 Å².